The predicted octanol–water partition coefficient (Wildman–Crippen LogP) is 3.81. The molecule has 3 N–H and O–H groups in total. The number of hydrogen-bond acceptors (Lipinski definition) is 6. The quantitative estimate of drug-likeness (QED) is 0.576. The molecule has 8 nitrogen and oxygen atoms in total. The first-order chi connectivity index (χ1) is 14.2. The van der Waals surface area contributed by atoms with Crippen molar-refractivity contribution in [3.63, 3.8) is 0 Å². The number of aromatic carboxylic acids is 1. The number of carboxylic acid groups (broad SMARTS) is 1. The second kappa shape index (κ2) is 9.02. The van der Waals surface area contributed by atoms with Gasteiger partial charge in [0.25, 0.3) is 11.1 Å². The number of rotatable bonds is 6. The number of imide groups is 1. The van der Waals surface area contributed by atoms with E-state index in [2.05, 4.69) is 5.32 Å². The highest BCUT2D eigenvalue weighted by atomic mass is 35.5. The van der Waals surface area contributed by atoms with Gasteiger partial charge >= 0.3 is 5.97 Å². The fourth-order valence-electron chi connectivity index (χ4n) is 2.63. The molecule has 0 radical (unpaired) electrons. The molecular weight excluding hydrogens is 432 g/mol. The van der Waals surface area contributed by atoms with Crippen LogP contribution >= 0.6 is 23.4 Å². The number of halogens is 1. The Morgan fingerprint density at radius 1 is 1.13 bits per heavy atom. The molecule has 0 bridgehead atoms. The van der Waals surface area contributed by atoms with Gasteiger partial charge in [0.15, 0.2) is 0 Å². The van der Waals surface area contributed by atoms with E-state index in [4.69, 9.17) is 16.7 Å². The van der Waals surface area contributed by atoms with E-state index in [1.165, 1.54) is 6.07 Å². The Morgan fingerprint density at radius 3 is 2.47 bits per heavy atom. The van der Waals surface area contributed by atoms with Gasteiger partial charge in [0.2, 0.25) is 5.91 Å². The fourth-order valence-corrected chi connectivity index (χ4v) is 3.62. The third-order valence-corrected chi connectivity index (χ3v) is 5.28. The van der Waals surface area contributed by atoms with Crippen molar-refractivity contribution in [1.29, 1.82) is 0 Å². The summed E-state index contributed by atoms with van der Waals surface area (Å²) in [4.78, 5) is 48.9. The van der Waals surface area contributed by atoms with Crippen LogP contribution in [0.4, 0.5) is 10.5 Å². The summed E-state index contributed by atoms with van der Waals surface area (Å²) >= 11 is 6.62. The van der Waals surface area contributed by atoms with Crippen molar-refractivity contribution in [2.24, 2.45) is 0 Å². The van der Waals surface area contributed by atoms with E-state index in [-0.39, 0.29) is 29.1 Å². The molecule has 0 unspecified atom stereocenters. The van der Waals surface area contributed by atoms with Crippen molar-refractivity contribution in [2.75, 3.05) is 11.9 Å². The fraction of sp³-hybridized carbons (Fsp3) is 0.100. The number of nitrogens with one attached hydrogen (secondary N) is 1. The lowest BCUT2D eigenvalue weighted by molar-refractivity contribution is -0.123. The predicted molar refractivity (Wildman–Crippen MR) is 112 cm³/mol. The van der Waals surface area contributed by atoms with Crippen LogP contribution in [-0.2, 0) is 9.59 Å². The maximum Gasteiger partial charge on any atom is 0.339 e. The summed E-state index contributed by atoms with van der Waals surface area (Å²) < 4.78 is 0. The SMILES string of the molecule is O=C(CCN1C(=O)S/C(=C/c2ccc(Cl)cc2)C1=O)Nc1ccc(C(=O)O)c(O)c1. The maximum atomic E-state index is 12.5. The first kappa shape index (κ1) is 21.4. The van der Waals surface area contributed by atoms with E-state index in [0.29, 0.717) is 10.6 Å². The molecule has 0 atom stereocenters. The van der Waals surface area contributed by atoms with Crippen LogP contribution < -0.4 is 5.32 Å². The van der Waals surface area contributed by atoms with Crippen molar-refractivity contribution in [3.8, 4) is 5.75 Å². The van der Waals surface area contributed by atoms with Gasteiger partial charge in [-0.3, -0.25) is 19.3 Å². The minimum atomic E-state index is -1.30. The molecular formula is C20H15ClN2O6S. The summed E-state index contributed by atoms with van der Waals surface area (Å²) in [7, 11) is 0. The van der Waals surface area contributed by atoms with E-state index in [1.54, 1.807) is 30.3 Å². The number of amides is 3. The molecule has 3 rings (SSSR count). The van der Waals surface area contributed by atoms with E-state index in [1.807, 2.05) is 0 Å². The number of carbonyl (C=O) groups excluding carboxylic acids is 3. The number of benzene rings is 2. The molecule has 154 valence electrons. The Balaban J connectivity index is 1.60. The van der Waals surface area contributed by atoms with Crippen LogP contribution in [0.3, 0.4) is 0 Å². The lowest BCUT2D eigenvalue weighted by Gasteiger charge is -2.12. The number of anilines is 1. The highest BCUT2D eigenvalue weighted by molar-refractivity contribution is 8.18. The van der Waals surface area contributed by atoms with Gasteiger partial charge in [0.1, 0.15) is 11.3 Å². The van der Waals surface area contributed by atoms with Crippen molar-refractivity contribution in [1.82, 2.24) is 4.90 Å². The summed E-state index contributed by atoms with van der Waals surface area (Å²) in [5.41, 5.74) is 0.616. The number of aromatic hydroxyl groups is 1. The van der Waals surface area contributed by atoms with Crippen molar-refractivity contribution in [2.45, 2.75) is 6.42 Å². The van der Waals surface area contributed by atoms with Crippen LogP contribution in [0.25, 0.3) is 6.08 Å². The molecule has 2 aromatic rings. The van der Waals surface area contributed by atoms with Crippen molar-refractivity contribution < 1.29 is 29.4 Å². The van der Waals surface area contributed by atoms with Crippen molar-refractivity contribution in [3.05, 3.63) is 63.5 Å². The highest BCUT2D eigenvalue weighted by Crippen LogP contribution is 2.32. The molecule has 1 aliphatic rings. The normalized spacial score (nSPS) is 15.0. The van der Waals surface area contributed by atoms with Crippen LogP contribution in [0.1, 0.15) is 22.3 Å². The van der Waals surface area contributed by atoms with E-state index in [9.17, 15) is 24.3 Å². The van der Waals surface area contributed by atoms with Crippen molar-refractivity contribution >= 4 is 58.1 Å². The van der Waals surface area contributed by atoms with Crippen LogP contribution in [0, 0.1) is 0 Å². The molecule has 30 heavy (non-hydrogen) atoms. The van der Waals surface area contributed by atoms with Gasteiger partial charge in [-0.15, -0.1) is 0 Å². The Morgan fingerprint density at radius 2 is 1.83 bits per heavy atom. The Hall–Kier alpha value is -3.30. The third kappa shape index (κ3) is 5.00. The molecule has 0 spiro atoms. The standard InChI is InChI=1S/C20H15ClN2O6S/c21-12-3-1-11(2-4-12)9-16-18(26)23(20(29)30-16)8-7-17(25)22-13-5-6-14(19(27)28)15(24)10-13/h1-6,9-10,24H,7-8H2,(H,22,25)(H,27,28)/b16-9+. The van der Waals surface area contributed by atoms with E-state index in [0.717, 1.165) is 28.8 Å². The molecule has 1 saturated heterocycles. The second-order valence-electron chi connectivity index (χ2n) is 6.22. The van der Waals surface area contributed by atoms with Gasteiger partial charge in [-0.05, 0) is 47.7 Å². The van der Waals surface area contributed by atoms with Gasteiger partial charge in [-0.1, -0.05) is 23.7 Å². The largest absolute Gasteiger partial charge is 0.507 e. The summed E-state index contributed by atoms with van der Waals surface area (Å²) in [5, 5.41) is 21.1. The van der Waals surface area contributed by atoms with Crippen LogP contribution in [0.15, 0.2) is 47.4 Å². The number of carbonyl (C=O) groups is 4. The molecule has 1 fully saturated rings. The number of nitrogens with zero attached hydrogens (tertiary/aromatic N) is 1. The molecule has 3 amide bonds. The van der Waals surface area contributed by atoms with Crippen LogP contribution in [0.2, 0.25) is 5.02 Å². The molecule has 0 aromatic heterocycles. The third-order valence-electron chi connectivity index (χ3n) is 4.12. The average molecular weight is 447 g/mol. The smallest absolute Gasteiger partial charge is 0.339 e. The highest BCUT2D eigenvalue weighted by Gasteiger charge is 2.35. The Labute approximate surface area is 180 Å². The minimum Gasteiger partial charge on any atom is -0.507 e. The zero-order valence-corrected chi connectivity index (χ0v) is 16.9. The number of thioether (sulfide) groups is 1. The first-order valence-electron chi connectivity index (χ1n) is 8.61. The average Bonchev–Trinajstić information content (AvgIpc) is 2.94. The zero-order valence-electron chi connectivity index (χ0n) is 15.3. The monoisotopic (exact) mass is 446 g/mol. The maximum absolute atomic E-state index is 12.5. The molecule has 1 aliphatic heterocycles. The molecule has 0 saturated carbocycles. The number of hydrogen-bond donors (Lipinski definition) is 3. The number of phenols is 1. The summed E-state index contributed by atoms with van der Waals surface area (Å²) in [5.74, 6) is -2.77. The topological polar surface area (TPSA) is 124 Å². The van der Waals surface area contributed by atoms with Gasteiger partial charge in [0.05, 0.1) is 4.91 Å². The molecule has 10 heteroatoms. The van der Waals surface area contributed by atoms with E-state index >= 15 is 0 Å². The number of carboxylic acids is 1. The van der Waals surface area contributed by atoms with E-state index < -0.39 is 28.8 Å². The molecule has 1 heterocycles. The molecule has 0 aliphatic carbocycles. The lowest BCUT2D eigenvalue weighted by Crippen LogP contribution is -2.31. The molecule has 2 aromatic carbocycles. The summed E-state index contributed by atoms with van der Waals surface area (Å²) in [6.07, 6.45) is 1.42. The van der Waals surface area contributed by atoms with Gasteiger partial charge < -0.3 is 15.5 Å². The van der Waals surface area contributed by atoms with Gasteiger partial charge in [0, 0.05) is 29.7 Å². The Kier molecular flexibility index (Phi) is 6.43. The zero-order chi connectivity index (χ0) is 21.8. The van der Waals surface area contributed by atoms with Gasteiger partial charge in [-0.25, -0.2) is 4.79 Å². The van der Waals surface area contributed by atoms with Crippen LogP contribution in [0.5, 0.6) is 5.75 Å². The summed E-state index contributed by atoms with van der Waals surface area (Å²) in [6.45, 7) is -0.117. The first-order valence-corrected chi connectivity index (χ1v) is 9.81. The van der Waals surface area contributed by atoms with Gasteiger partial charge in [-0.2, -0.15) is 0 Å². The minimum absolute atomic E-state index is 0.117. The summed E-state index contributed by atoms with van der Waals surface area (Å²) in [6, 6.07) is 10.4. The van der Waals surface area contributed by atoms with Crippen LogP contribution in [-0.4, -0.2) is 44.7 Å². The Bertz CT molecular complexity index is 1070. The second-order valence-corrected chi connectivity index (χ2v) is 7.65. The lowest BCUT2D eigenvalue weighted by atomic mass is 10.2.